The molecule has 5 heterocycles. The minimum Gasteiger partial charge on any atom is -0.396 e. The molecule has 6 rings (SSSR count). The fraction of sp³-hybridized carbons (Fsp3) is 0.440. The molecule has 2 fully saturated rings. The molecule has 3 aliphatic heterocycles. The third-order valence-corrected chi connectivity index (χ3v) is 7.69. The first-order valence-electron chi connectivity index (χ1n) is 12.9. The molecule has 3 aliphatic rings. The van der Waals surface area contributed by atoms with Gasteiger partial charge in [0.15, 0.2) is 17.7 Å². The second-order valence-corrected chi connectivity index (χ2v) is 10.0. The second kappa shape index (κ2) is 10.4. The number of ether oxygens (including phenoxy) is 1. The van der Waals surface area contributed by atoms with E-state index in [0.717, 1.165) is 5.56 Å². The number of anilines is 2. The van der Waals surface area contributed by atoms with Crippen LogP contribution in [0.4, 0.5) is 11.5 Å². The Morgan fingerprint density at radius 1 is 1.18 bits per heavy atom. The van der Waals surface area contributed by atoms with Gasteiger partial charge in [0.05, 0.1) is 19.5 Å². The molecule has 15 nitrogen and oxygen atoms in total. The summed E-state index contributed by atoms with van der Waals surface area (Å²) in [5.41, 5.74) is 8.49. The fourth-order valence-corrected chi connectivity index (χ4v) is 5.52. The molecule has 210 valence electrons. The lowest BCUT2D eigenvalue weighted by Crippen LogP contribution is -2.54. The van der Waals surface area contributed by atoms with Crippen LogP contribution in [0.5, 0.6) is 0 Å². The van der Waals surface area contributed by atoms with E-state index in [9.17, 15) is 24.6 Å². The zero-order valence-corrected chi connectivity index (χ0v) is 21.4. The predicted molar refractivity (Wildman–Crippen MR) is 139 cm³/mol. The third-order valence-electron chi connectivity index (χ3n) is 7.69. The van der Waals surface area contributed by atoms with Crippen LogP contribution in [0.15, 0.2) is 30.9 Å². The maximum absolute atomic E-state index is 13.4. The molecule has 15 heteroatoms. The van der Waals surface area contributed by atoms with Crippen molar-refractivity contribution in [3.63, 3.8) is 0 Å². The third kappa shape index (κ3) is 4.52. The molecule has 0 spiro atoms. The monoisotopic (exact) mass is 551 g/mol. The lowest BCUT2D eigenvalue weighted by Gasteiger charge is -2.36. The average molecular weight is 552 g/mol. The van der Waals surface area contributed by atoms with Gasteiger partial charge in [-0.05, 0) is 12.1 Å². The minimum absolute atomic E-state index is 0.131. The van der Waals surface area contributed by atoms with Crippen molar-refractivity contribution in [2.75, 3.05) is 50.4 Å². The van der Waals surface area contributed by atoms with Gasteiger partial charge >= 0.3 is 0 Å². The number of aliphatic hydroxyl groups excluding tert-OH is 2. The summed E-state index contributed by atoms with van der Waals surface area (Å²) in [6.45, 7) is 1.66. The Kier molecular flexibility index (Phi) is 6.79. The standard InChI is InChI=1S/C25H29N9O6/c26-21-18-22(29-11-28-21)34(12-30-18)25-19(37)15(10-35)20(40-25)24(39)33-6-4-32(5-7-33)9-17(36)31-16-3-1-2-13-14(16)8-27-23(13)38/h1-3,11-12,15,19-20,25,35,37H,4-10H2,(H,27,38)(H,31,36)(H2,26,28,29)/t15-,19+,20?,25?/m0/s1. The quantitative estimate of drug-likeness (QED) is 0.234. The number of fused-ring (bicyclic) bond motifs is 2. The van der Waals surface area contributed by atoms with E-state index in [1.165, 1.54) is 17.2 Å². The highest BCUT2D eigenvalue weighted by molar-refractivity contribution is 6.02. The van der Waals surface area contributed by atoms with E-state index < -0.39 is 31.0 Å². The first kappa shape index (κ1) is 26.1. The van der Waals surface area contributed by atoms with Crippen molar-refractivity contribution < 1.29 is 29.3 Å². The van der Waals surface area contributed by atoms with Gasteiger partial charge in [-0.2, -0.15) is 0 Å². The molecular formula is C25H29N9O6. The molecule has 0 aliphatic carbocycles. The van der Waals surface area contributed by atoms with Crippen molar-refractivity contribution in [1.29, 1.82) is 0 Å². The molecule has 6 N–H and O–H groups in total. The van der Waals surface area contributed by atoms with Crippen LogP contribution in [-0.2, 0) is 20.9 Å². The lowest BCUT2D eigenvalue weighted by molar-refractivity contribution is -0.149. The maximum Gasteiger partial charge on any atom is 0.252 e. The fourth-order valence-electron chi connectivity index (χ4n) is 5.52. The molecular weight excluding hydrogens is 522 g/mol. The van der Waals surface area contributed by atoms with Gasteiger partial charge in [0.25, 0.3) is 11.8 Å². The molecule has 40 heavy (non-hydrogen) atoms. The summed E-state index contributed by atoms with van der Waals surface area (Å²) in [6.07, 6.45) is -0.587. The topological polar surface area (TPSA) is 201 Å². The van der Waals surface area contributed by atoms with Crippen molar-refractivity contribution in [2.24, 2.45) is 5.92 Å². The van der Waals surface area contributed by atoms with Crippen molar-refractivity contribution in [2.45, 2.75) is 25.0 Å². The Hall–Kier alpha value is -4.18. The number of hydrogen-bond donors (Lipinski definition) is 5. The summed E-state index contributed by atoms with van der Waals surface area (Å²) >= 11 is 0. The zero-order chi connectivity index (χ0) is 28.0. The van der Waals surface area contributed by atoms with Crippen LogP contribution in [0.25, 0.3) is 11.2 Å². The van der Waals surface area contributed by atoms with Gasteiger partial charge < -0.3 is 36.2 Å². The van der Waals surface area contributed by atoms with Crippen molar-refractivity contribution >= 4 is 40.4 Å². The summed E-state index contributed by atoms with van der Waals surface area (Å²) in [4.78, 5) is 53.9. The Morgan fingerprint density at radius 2 is 1.98 bits per heavy atom. The van der Waals surface area contributed by atoms with Crippen molar-refractivity contribution in [3.05, 3.63) is 42.0 Å². The molecule has 0 bridgehead atoms. The highest BCUT2D eigenvalue weighted by Crippen LogP contribution is 2.36. The number of aliphatic hydroxyl groups is 2. The summed E-state index contributed by atoms with van der Waals surface area (Å²) in [6, 6.07) is 5.22. The van der Waals surface area contributed by atoms with Crippen LogP contribution in [0.1, 0.15) is 22.1 Å². The number of piperazine rings is 1. The number of carbonyl (C=O) groups excluding carboxylic acids is 3. The molecule has 2 saturated heterocycles. The number of imidazole rings is 1. The van der Waals surface area contributed by atoms with Gasteiger partial charge in [-0.15, -0.1) is 0 Å². The van der Waals surface area contributed by atoms with Crippen LogP contribution in [0.2, 0.25) is 0 Å². The highest BCUT2D eigenvalue weighted by atomic mass is 16.5. The molecule has 0 radical (unpaired) electrons. The van der Waals surface area contributed by atoms with Gasteiger partial charge in [0.1, 0.15) is 24.1 Å². The summed E-state index contributed by atoms with van der Waals surface area (Å²) < 4.78 is 7.48. The number of benzene rings is 1. The number of hydrogen-bond acceptors (Lipinski definition) is 11. The number of rotatable bonds is 6. The van der Waals surface area contributed by atoms with Gasteiger partial charge in [0, 0.05) is 55.5 Å². The molecule has 0 saturated carbocycles. The number of aromatic nitrogens is 4. The van der Waals surface area contributed by atoms with Gasteiger partial charge in [0.2, 0.25) is 5.91 Å². The summed E-state index contributed by atoms with van der Waals surface area (Å²) in [5.74, 6) is -1.39. The number of nitrogen functional groups attached to an aromatic ring is 1. The van der Waals surface area contributed by atoms with Crippen LogP contribution in [0, 0.1) is 5.92 Å². The van der Waals surface area contributed by atoms with E-state index >= 15 is 0 Å². The first-order valence-corrected chi connectivity index (χ1v) is 12.9. The Bertz CT molecular complexity index is 1470. The summed E-state index contributed by atoms with van der Waals surface area (Å²) in [7, 11) is 0. The van der Waals surface area contributed by atoms with Crippen LogP contribution < -0.4 is 16.4 Å². The number of carbonyl (C=O) groups is 3. The van der Waals surface area contributed by atoms with Gasteiger partial charge in [-0.1, -0.05) is 6.07 Å². The molecule has 3 amide bonds. The van der Waals surface area contributed by atoms with Crippen molar-refractivity contribution in [1.82, 2.24) is 34.6 Å². The number of nitrogens with zero attached hydrogens (tertiary/aromatic N) is 6. The maximum atomic E-state index is 13.4. The minimum atomic E-state index is -1.19. The first-order chi connectivity index (χ1) is 19.4. The van der Waals surface area contributed by atoms with Crippen LogP contribution >= 0.6 is 0 Å². The van der Waals surface area contributed by atoms with E-state index in [1.807, 2.05) is 4.90 Å². The Morgan fingerprint density at radius 3 is 2.75 bits per heavy atom. The van der Waals surface area contributed by atoms with Gasteiger partial charge in [-0.25, -0.2) is 15.0 Å². The highest BCUT2D eigenvalue weighted by Gasteiger charge is 2.49. The van der Waals surface area contributed by atoms with E-state index in [2.05, 4.69) is 25.6 Å². The molecule has 4 atom stereocenters. The Balaban J connectivity index is 1.07. The number of amides is 3. The van der Waals surface area contributed by atoms with E-state index in [-0.39, 0.29) is 30.1 Å². The average Bonchev–Trinajstić information content (AvgIpc) is 3.64. The Labute approximate surface area is 227 Å². The number of nitrogens with one attached hydrogen (secondary N) is 2. The molecule has 1 aromatic carbocycles. The largest absolute Gasteiger partial charge is 0.396 e. The van der Waals surface area contributed by atoms with Crippen LogP contribution in [0.3, 0.4) is 0 Å². The zero-order valence-electron chi connectivity index (χ0n) is 21.4. The molecule has 3 aromatic rings. The van der Waals surface area contributed by atoms with Gasteiger partial charge in [-0.3, -0.25) is 23.9 Å². The van der Waals surface area contributed by atoms with Crippen LogP contribution in [-0.4, -0.2) is 109 Å². The van der Waals surface area contributed by atoms with E-state index in [4.69, 9.17) is 10.5 Å². The number of nitrogens with two attached hydrogens (primary N) is 1. The van der Waals surface area contributed by atoms with E-state index in [1.54, 1.807) is 23.1 Å². The molecule has 2 aromatic heterocycles. The SMILES string of the molecule is Nc1ncnc2c1ncn2C1OC(C(=O)N2CCN(CC(=O)Nc3cccc4c3CNC4=O)CC2)[C@@H](CO)[C@H]1O. The second-order valence-electron chi connectivity index (χ2n) is 10.0. The normalized spacial score (nSPS) is 24.8. The lowest BCUT2D eigenvalue weighted by atomic mass is 9.97. The summed E-state index contributed by atoms with van der Waals surface area (Å²) in [5, 5.41) is 26.6. The smallest absolute Gasteiger partial charge is 0.252 e. The predicted octanol–water partition coefficient (Wildman–Crippen LogP) is -1.70. The molecule has 2 unspecified atom stereocenters. The van der Waals surface area contributed by atoms with Crippen molar-refractivity contribution in [3.8, 4) is 0 Å². The van der Waals surface area contributed by atoms with E-state index in [0.29, 0.717) is 55.1 Å².